The summed E-state index contributed by atoms with van der Waals surface area (Å²) in [5, 5.41) is 5.18. The van der Waals surface area contributed by atoms with Gasteiger partial charge in [-0.1, -0.05) is 23.2 Å². The van der Waals surface area contributed by atoms with Crippen molar-refractivity contribution < 1.29 is 0 Å². The first kappa shape index (κ1) is 18.4. The second-order valence-corrected chi connectivity index (χ2v) is 9.36. The summed E-state index contributed by atoms with van der Waals surface area (Å²) in [5.74, 6) is 0. The normalized spacial score (nSPS) is 12.6. The van der Waals surface area contributed by atoms with Crippen molar-refractivity contribution in [1.82, 2.24) is 18.8 Å². The molecule has 0 bridgehead atoms. The lowest BCUT2D eigenvalue weighted by atomic mass is 9.96. The van der Waals surface area contributed by atoms with E-state index in [1.54, 1.807) is 45.2 Å². The number of benzene rings is 4. The van der Waals surface area contributed by atoms with E-state index < -0.39 is 0 Å². The first-order valence-corrected chi connectivity index (χ1v) is 11.3. The molecule has 160 valence electrons. The number of hydrogen-bond donors (Lipinski definition) is 0. The van der Waals surface area contributed by atoms with Crippen molar-refractivity contribution in [2.45, 2.75) is 0 Å². The summed E-state index contributed by atoms with van der Waals surface area (Å²) in [5.41, 5.74) is 3.37. The maximum absolute atomic E-state index is 13.7. The van der Waals surface area contributed by atoms with Gasteiger partial charge in [0.05, 0.1) is 22.1 Å². The van der Waals surface area contributed by atoms with Crippen molar-refractivity contribution in [1.29, 1.82) is 0 Å². The van der Waals surface area contributed by atoms with Crippen LogP contribution in [0.25, 0.3) is 65.7 Å². The van der Waals surface area contributed by atoms with Crippen molar-refractivity contribution in [3.63, 3.8) is 0 Å². The van der Waals surface area contributed by atoms with Gasteiger partial charge in [0, 0.05) is 42.4 Å². The van der Waals surface area contributed by atoms with Crippen molar-refractivity contribution >= 4 is 88.9 Å². The lowest BCUT2D eigenvalue weighted by molar-refractivity contribution is 1.18. The molecule has 8 heteroatoms. The van der Waals surface area contributed by atoms with Gasteiger partial charge >= 0.3 is 0 Å². The third-order valence-electron chi connectivity index (χ3n) is 6.74. The quantitative estimate of drug-likeness (QED) is 0.263. The molecule has 6 nitrogen and oxygen atoms in total. The summed E-state index contributed by atoms with van der Waals surface area (Å²) in [6.07, 6.45) is 0. The van der Waals surface area contributed by atoms with Gasteiger partial charge in [-0.25, -0.2) is 9.97 Å². The Morgan fingerprint density at radius 3 is 1.41 bits per heavy atom. The third kappa shape index (κ3) is 2.04. The van der Waals surface area contributed by atoms with Crippen LogP contribution in [0.3, 0.4) is 0 Å². The van der Waals surface area contributed by atoms with Gasteiger partial charge in [0.1, 0.15) is 11.3 Å². The standard InChI is InChI=1S/C26H10Cl2N4O2/c27-11-1-7-19-17(9-11)29-23-13-3-6-16-22-14(4-5-15(21(13)22)25(33)31(19)23)24-30-18-10-12(28)2-8-20(18)32(24)26(16)34/h1-10H. The number of rotatable bonds is 0. The molecule has 4 aromatic carbocycles. The monoisotopic (exact) mass is 480 g/mol. The molecule has 0 atom stereocenters. The van der Waals surface area contributed by atoms with Crippen molar-refractivity contribution in [3.8, 4) is 0 Å². The molecule has 0 aliphatic rings. The van der Waals surface area contributed by atoms with E-state index in [0.717, 1.165) is 21.5 Å². The van der Waals surface area contributed by atoms with Gasteiger partial charge in [0.2, 0.25) is 0 Å². The van der Waals surface area contributed by atoms with E-state index in [0.29, 0.717) is 54.2 Å². The van der Waals surface area contributed by atoms with E-state index >= 15 is 0 Å². The molecule has 0 fully saturated rings. The Balaban J connectivity index is 1.69. The van der Waals surface area contributed by atoms with Crippen LogP contribution in [0, 0.1) is 0 Å². The van der Waals surface area contributed by atoms with Gasteiger partial charge in [-0.2, -0.15) is 0 Å². The smallest absolute Gasteiger partial charge is 0.264 e. The van der Waals surface area contributed by atoms with E-state index in [1.165, 1.54) is 0 Å². The Morgan fingerprint density at radius 2 is 0.971 bits per heavy atom. The molecular weight excluding hydrogens is 471 g/mol. The lowest BCUT2D eigenvalue weighted by Gasteiger charge is -2.12. The molecule has 0 saturated heterocycles. The van der Waals surface area contributed by atoms with Gasteiger partial charge in [-0.3, -0.25) is 18.4 Å². The van der Waals surface area contributed by atoms with Crippen molar-refractivity contribution in [2.24, 2.45) is 0 Å². The van der Waals surface area contributed by atoms with Crippen LogP contribution in [0.1, 0.15) is 0 Å². The summed E-state index contributed by atoms with van der Waals surface area (Å²) in [7, 11) is 0. The summed E-state index contributed by atoms with van der Waals surface area (Å²) >= 11 is 12.3. The highest BCUT2D eigenvalue weighted by atomic mass is 35.5. The van der Waals surface area contributed by atoms with E-state index in [1.807, 2.05) is 24.3 Å². The molecule has 8 rings (SSSR count). The molecule has 0 unspecified atom stereocenters. The molecule has 0 aliphatic heterocycles. The van der Waals surface area contributed by atoms with Gasteiger partial charge in [0.15, 0.2) is 0 Å². The second kappa shape index (κ2) is 5.91. The molecule has 4 heterocycles. The van der Waals surface area contributed by atoms with E-state index in [-0.39, 0.29) is 11.1 Å². The Morgan fingerprint density at radius 1 is 0.559 bits per heavy atom. The van der Waals surface area contributed by atoms with Crippen LogP contribution in [-0.2, 0) is 0 Å². The molecule has 0 amide bonds. The van der Waals surface area contributed by atoms with Gasteiger partial charge in [0.25, 0.3) is 11.1 Å². The molecular formula is C26H10Cl2N4O2. The van der Waals surface area contributed by atoms with Gasteiger partial charge in [-0.05, 0) is 60.7 Å². The molecule has 34 heavy (non-hydrogen) atoms. The zero-order valence-electron chi connectivity index (χ0n) is 17.1. The van der Waals surface area contributed by atoms with Crippen molar-refractivity contribution in [2.75, 3.05) is 0 Å². The Hall–Kier alpha value is -4.00. The number of halogens is 2. The fourth-order valence-electron chi connectivity index (χ4n) is 5.34. The highest BCUT2D eigenvalue weighted by Gasteiger charge is 2.22. The summed E-state index contributed by atoms with van der Waals surface area (Å²) in [6, 6.07) is 18.0. The van der Waals surface area contributed by atoms with E-state index in [9.17, 15) is 9.59 Å². The third-order valence-corrected chi connectivity index (χ3v) is 7.21. The van der Waals surface area contributed by atoms with Crippen LogP contribution in [0.4, 0.5) is 0 Å². The van der Waals surface area contributed by atoms with Crippen LogP contribution in [0.15, 0.2) is 70.3 Å². The number of aromatic nitrogens is 4. The van der Waals surface area contributed by atoms with Crippen LogP contribution in [0.5, 0.6) is 0 Å². The van der Waals surface area contributed by atoms with E-state index in [2.05, 4.69) is 0 Å². The second-order valence-electron chi connectivity index (χ2n) is 8.49. The minimum absolute atomic E-state index is 0.186. The average Bonchev–Trinajstić information content (AvgIpc) is 3.39. The minimum atomic E-state index is -0.186. The number of nitrogens with zero attached hydrogens (tertiary/aromatic N) is 4. The molecule has 0 saturated carbocycles. The molecule has 8 aromatic rings. The highest BCUT2D eigenvalue weighted by molar-refractivity contribution is 6.32. The summed E-state index contributed by atoms with van der Waals surface area (Å²) in [6.45, 7) is 0. The average molecular weight is 481 g/mol. The van der Waals surface area contributed by atoms with Crippen LogP contribution in [0.2, 0.25) is 10.0 Å². The van der Waals surface area contributed by atoms with Gasteiger partial charge < -0.3 is 0 Å². The largest absolute Gasteiger partial charge is 0.268 e. The number of fused-ring (bicyclic) bond motifs is 8. The predicted octanol–water partition coefficient (Wildman–Crippen LogP) is 5.65. The fraction of sp³-hybridized carbons (Fsp3) is 0. The molecule has 0 radical (unpaired) electrons. The Bertz CT molecular complexity index is 2140. The lowest BCUT2D eigenvalue weighted by Crippen LogP contribution is -2.16. The number of imidazole rings is 2. The number of pyridine rings is 2. The molecule has 0 aliphatic carbocycles. The molecule has 0 spiro atoms. The van der Waals surface area contributed by atoms with E-state index in [4.69, 9.17) is 33.2 Å². The highest BCUT2D eigenvalue weighted by Crippen LogP contribution is 2.37. The minimum Gasteiger partial charge on any atom is -0.268 e. The Labute approximate surface area is 198 Å². The maximum atomic E-state index is 13.7. The van der Waals surface area contributed by atoms with Crippen LogP contribution in [-0.4, -0.2) is 18.8 Å². The summed E-state index contributed by atoms with van der Waals surface area (Å²) in [4.78, 5) is 36.8. The fourth-order valence-corrected chi connectivity index (χ4v) is 5.68. The zero-order valence-corrected chi connectivity index (χ0v) is 18.6. The predicted molar refractivity (Wildman–Crippen MR) is 136 cm³/mol. The molecule has 4 aromatic heterocycles. The topological polar surface area (TPSA) is 68.7 Å². The first-order chi connectivity index (χ1) is 16.5. The maximum Gasteiger partial charge on any atom is 0.264 e. The van der Waals surface area contributed by atoms with Gasteiger partial charge in [-0.15, -0.1) is 0 Å². The SMILES string of the molecule is O=c1c2ccc3c4c(ccc(c24)c2nc4cc(Cl)ccc4n12)c(=O)n1c2ccc(Cl)cc2nc31. The number of hydrogen-bond acceptors (Lipinski definition) is 4. The first-order valence-electron chi connectivity index (χ1n) is 10.6. The summed E-state index contributed by atoms with van der Waals surface area (Å²) < 4.78 is 3.24. The molecule has 0 N–H and O–H groups in total. The zero-order chi connectivity index (χ0) is 22.9. The van der Waals surface area contributed by atoms with Crippen LogP contribution < -0.4 is 11.1 Å². The Kier molecular flexibility index (Phi) is 3.21. The van der Waals surface area contributed by atoms with Crippen LogP contribution >= 0.6 is 23.2 Å². The van der Waals surface area contributed by atoms with Crippen molar-refractivity contribution in [3.05, 3.63) is 91.4 Å².